The van der Waals surface area contributed by atoms with E-state index < -0.39 is 0 Å². The van der Waals surface area contributed by atoms with Crippen LogP contribution in [-0.4, -0.2) is 9.97 Å². The van der Waals surface area contributed by atoms with E-state index in [9.17, 15) is 0 Å². The minimum atomic E-state index is -0.353. The Morgan fingerprint density at radius 2 is 1.20 bits per heavy atom. The Hall–Kier alpha value is -4.74. The number of thiazole rings is 1. The average Bonchev–Trinajstić information content (AvgIpc) is 3.74. The van der Waals surface area contributed by atoms with Crippen molar-refractivity contribution in [3.63, 3.8) is 0 Å². The lowest BCUT2D eigenvalue weighted by Gasteiger charge is -2.27. The van der Waals surface area contributed by atoms with E-state index in [1.807, 2.05) is 60.2 Å². The molecule has 0 radical (unpaired) electrons. The number of hydrogen-bond acceptors (Lipinski definition) is 5. The zero-order valence-corrected chi connectivity index (χ0v) is 22.8. The quantitative estimate of drug-likeness (QED) is 0.225. The van der Waals surface area contributed by atoms with Crippen LogP contribution in [0.3, 0.4) is 0 Å². The molecule has 0 amide bonds. The number of para-hydroxylation sites is 2. The summed E-state index contributed by atoms with van der Waals surface area (Å²) in [7, 11) is 0. The van der Waals surface area contributed by atoms with Gasteiger partial charge in [-0.3, -0.25) is 4.98 Å². The fraction of sp³-hybridized carbons (Fsp3) is 0.0857. The second-order valence-corrected chi connectivity index (χ2v) is 11.6. The van der Waals surface area contributed by atoms with Crippen molar-refractivity contribution in [2.75, 3.05) is 0 Å². The summed E-state index contributed by atoms with van der Waals surface area (Å²) >= 11 is 1.63. The van der Waals surface area contributed by atoms with Gasteiger partial charge in [-0.2, -0.15) is 0 Å². The summed E-state index contributed by atoms with van der Waals surface area (Å²) in [6.07, 6.45) is 3.68. The van der Waals surface area contributed by atoms with Gasteiger partial charge in [0.15, 0.2) is 0 Å². The van der Waals surface area contributed by atoms with Crippen molar-refractivity contribution in [3.8, 4) is 21.8 Å². The topological polar surface area (TPSA) is 52.1 Å². The van der Waals surface area contributed by atoms with Crippen molar-refractivity contribution < 1.29 is 8.83 Å². The lowest BCUT2D eigenvalue weighted by Crippen LogP contribution is -2.19. The molecule has 0 saturated carbocycles. The van der Waals surface area contributed by atoms with Crippen LogP contribution in [0, 0.1) is 0 Å². The molecular weight excluding hydrogens is 512 g/mol. The highest BCUT2D eigenvalue weighted by Gasteiger charge is 2.29. The predicted molar refractivity (Wildman–Crippen MR) is 164 cm³/mol. The molecule has 0 fully saturated rings. The van der Waals surface area contributed by atoms with Crippen molar-refractivity contribution in [2.24, 2.45) is 0 Å². The van der Waals surface area contributed by atoms with Gasteiger partial charge in [0.1, 0.15) is 27.3 Å². The third-order valence-electron chi connectivity index (χ3n) is 8.00. The zero-order valence-electron chi connectivity index (χ0n) is 22.0. The number of furan rings is 2. The minimum Gasteiger partial charge on any atom is -0.455 e. The molecule has 4 aromatic carbocycles. The van der Waals surface area contributed by atoms with Crippen LogP contribution in [0.1, 0.15) is 25.0 Å². The van der Waals surface area contributed by atoms with Gasteiger partial charge in [0.25, 0.3) is 0 Å². The number of nitrogens with zero attached hydrogens (tertiary/aromatic N) is 2. The van der Waals surface area contributed by atoms with Gasteiger partial charge in [-0.1, -0.05) is 56.3 Å². The third-order valence-corrected chi connectivity index (χ3v) is 8.81. The number of hydrogen-bond donors (Lipinski definition) is 0. The predicted octanol–water partition coefficient (Wildman–Crippen LogP) is 10.00. The van der Waals surface area contributed by atoms with Gasteiger partial charge in [0.2, 0.25) is 0 Å². The van der Waals surface area contributed by atoms with Gasteiger partial charge >= 0.3 is 0 Å². The summed E-state index contributed by atoms with van der Waals surface area (Å²) in [5.41, 5.74) is 8.42. The van der Waals surface area contributed by atoms with Crippen molar-refractivity contribution in [3.05, 3.63) is 120 Å². The van der Waals surface area contributed by atoms with Gasteiger partial charge in [0, 0.05) is 50.3 Å². The van der Waals surface area contributed by atoms with Crippen LogP contribution in [-0.2, 0) is 5.41 Å². The summed E-state index contributed by atoms with van der Waals surface area (Å²) in [5, 5.41) is 7.37. The van der Waals surface area contributed by atoms with E-state index in [0.717, 1.165) is 65.7 Å². The molecule has 0 aliphatic carbocycles. The average molecular weight is 537 g/mol. The molecule has 0 spiro atoms. The van der Waals surface area contributed by atoms with Crippen molar-refractivity contribution >= 4 is 55.2 Å². The molecule has 192 valence electrons. The van der Waals surface area contributed by atoms with E-state index in [1.165, 1.54) is 11.1 Å². The highest BCUT2D eigenvalue weighted by molar-refractivity contribution is 7.13. The second kappa shape index (κ2) is 8.63. The summed E-state index contributed by atoms with van der Waals surface area (Å²) in [6, 6.07) is 31.6. The standard InChI is InChI=1S/C35H24N2O2S/c1-35(2,22-18-26-24-10-4-6-13-31(24)39-33(26)28(20-22)34-37-15-16-40-34)21-17-25-23-9-3-5-12-30(23)38-32(25)27(19-21)29-11-7-8-14-36-29/h3-20H,1-2H3. The molecule has 0 unspecified atom stereocenters. The first-order valence-corrected chi connectivity index (χ1v) is 14.2. The van der Waals surface area contributed by atoms with E-state index in [-0.39, 0.29) is 5.41 Å². The number of fused-ring (bicyclic) bond motifs is 6. The first kappa shape index (κ1) is 23.2. The Morgan fingerprint density at radius 3 is 1.80 bits per heavy atom. The largest absolute Gasteiger partial charge is 0.455 e. The maximum atomic E-state index is 6.42. The van der Waals surface area contributed by atoms with Crippen LogP contribution >= 0.6 is 11.3 Å². The zero-order chi connectivity index (χ0) is 26.8. The van der Waals surface area contributed by atoms with Gasteiger partial charge < -0.3 is 8.83 Å². The summed E-state index contributed by atoms with van der Waals surface area (Å²) in [6.45, 7) is 4.57. The van der Waals surface area contributed by atoms with E-state index in [1.54, 1.807) is 11.3 Å². The fourth-order valence-electron chi connectivity index (χ4n) is 5.77. The molecule has 0 aliphatic rings. The van der Waals surface area contributed by atoms with Gasteiger partial charge in [0.05, 0.1) is 11.3 Å². The molecule has 0 bridgehead atoms. The van der Waals surface area contributed by atoms with E-state index in [4.69, 9.17) is 13.8 Å². The molecule has 0 atom stereocenters. The molecule has 4 heterocycles. The molecule has 8 aromatic rings. The smallest absolute Gasteiger partial charge is 0.145 e. The van der Waals surface area contributed by atoms with Crippen molar-refractivity contribution in [2.45, 2.75) is 19.3 Å². The second-order valence-electron chi connectivity index (χ2n) is 10.7. The van der Waals surface area contributed by atoms with Crippen molar-refractivity contribution in [1.29, 1.82) is 0 Å². The Morgan fingerprint density at radius 1 is 0.600 bits per heavy atom. The normalized spacial score (nSPS) is 12.2. The molecule has 8 rings (SSSR count). The number of rotatable bonds is 4. The molecule has 4 aromatic heterocycles. The minimum absolute atomic E-state index is 0.353. The number of benzene rings is 4. The Bertz CT molecular complexity index is 2190. The lowest BCUT2D eigenvalue weighted by atomic mass is 9.76. The maximum Gasteiger partial charge on any atom is 0.145 e. The van der Waals surface area contributed by atoms with Crippen LogP contribution < -0.4 is 0 Å². The number of aromatic nitrogens is 2. The van der Waals surface area contributed by atoms with E-state index in [2.05, 4.69) is 67.4 Å². The molecule has 4 nitrogen and oxygen atoms in total. The molecule has 5 heteroatoms. The molecular formula is C35H24N2O2S. The van der Waals surface area contributed by atoms with Crippen molar-refractivity contribution in [1.82, 2.24) is 9.97 Å². The highest BCUT2D eigenvalue weighted by atomic mass is 32.1. The van der Waals surface area contributed by atoms with Gasteiger partial charge in [-0.15, -0.1) is 11.3 Å². The van der Waals surface area contributed by atoms with Crippen LogP contribution in [0.4, 0.5) is 0 Å². The summed E-state index contributed by atoms with van der Waals surface area (Å²) in [5.74, 6) is 0. The SMILES string of the molecule is CC(C)(c1cc(-c2ccccn2)c2oc3ccccc3c2c1)c1cc(-c2nccs2)c2oc3ccccc3c2c1. The fourth-order valence-corrected chi connectivity index (χ4v) is 6.42. The lowest BCUT2D eigenvalue weighted by molar-refractivity contribution is 0.639. The Kier molecular flexibility index (Phi) is 5.00. The van der Waals surface area contributed by atoms with E-state index >= 15 is 0 Å². The highest BCUT2D eigenvalue weighted by Crippen LogP contribution is 2.44. The molecule has 0 N–H and O–H groups in total. The monoisotopic (exact) mass is 536 g/mol. The summed E-state index contributed by atoms with van der Waals surface area (Å²) < 4.78 is 12.8. The molecule has 40 heavy (non-hydrogen) atoms. The Labute approximate surface area is 234 Å². The maximum absolute atomic E-state index is 6.42. The Balaban J connectivity index is 1.42. The first-order valence-electron chi connectivity index (χ1n) is 13.3. The third kappa shape index (κ3) is 3.44. The van der Waals surface area contributed by atoms with Crippen LogP contribution in [0.15, 0.2) is 118 Å². The van der Waals surface area contributed by atoms with Crippen LogP contribution in [0.25, 0.3) is 65.7 Å². The number of pyridine rings is 1. The van der Waals surface area contributed by atoms with Crippen LogP contribution in [0.2, 0.25) is 0 Å². The van der Waals surface area contributed by atoms with Crippen LogP contribution in [0.5, 0.6) is 0 Å². The molecule has 0 aliphatic heterocycles. The van der Waals surface area contributed by atoms with E-state index in [0.29, 0.717) is 0 Å². The first-order chi connectivity index (χ1) is 19.6. The molecule has 0 saturated heterocycles. The summed E-state index contributed by atoms with van der Waals surface area (Å²) in [4.78, 5) is 9.36. The van der Waals surface area contributed by atoms with Gasteiger partial charge in [-0.25, -0.2) is 4.98 Å². The van der Waals surface area contributed by atoms with Gasteiger partial charge in [-0.05, 0) is 59.7 Å².